The number of fused-ring (bicyclic) bond motifs is 1. The highest BCUT2D eigenvalue weighted by atomic mass is 79.9. The van der Waals surface area contributed by atoms with Crippen LogP contribution in [0.15, 0.2) is 34.8 Å². The Kier molecular flexibility index (Phi) is 2.66. The molecule has 0 N–H and O–H groups in total. The minimum absolute atomic E-state index is 0.623. The summed E-state index contributed by atoms with van der Waals surface area (Å²) in [6, 6.07) is 9.82. The molecule has 0 spiro atoms. The lowest BCUT2D eigenvalue weighted by molar-refractivity contribution is 0.420. The lowest BCUT2D eigenvalue weighted by Crippen LogP contribution is -1.86. The van der Waals surface area contributed by atoms with Gasteiger partial charge in [0.25, 0.3) is 0 Å². The molecule has 1 nitrogen and oxygen atoms in total. The van der Waals surface area contributed by atoms with Gasteiger partial charge >= 0.3 is 0 Å². The number of methoxy groups -OCH3 is 1. The van der Waals surface area contributed by atoms with E-state index < -0.39 is 0 Å². The first-order valence-corrected chi connectivity index (χ1v) is 5.32. The molecule has 2 aromatic rings. The van der Waals surface area contributed by atoms with E-state index >= 15 is 0 Å². The summed E-state index contributed by atoms with van der Waals surface area (Å²) in [5, 5.41) is 2.75. The molecule has 0 saturated heterocycles. The van der Waals surface area contributed by atoms with Gasteiger partial charge in [-0.2, -0.15) is 0 Å². The zero-order valence-electron chi connectivity index (χ0n) is 7.55. The van der Waals surface area contributed by atoms with Gasteiger partial charge in [-0.25, -0.2) is 0 Å². The average Bonchev–Trinajstić information content (AvgIpc) is 2.18. The van der Waals surface area contributed by atoms with Gasteiger partial charge in [-0.15, -0.1) is 0 Å². The first-order chi connectivity index (χ1) is 6.74. The Bertz CT molecular complexity index is 482. The second-order valence-electron chi connectivity index (χ2n) is 2.92. The Balaban J connectivity index is 2.90. The largest absolute Gasteiger partial charge is 0.495 e. The maximum absolute atomic E-state index is 6.05. The summed E-state index contributed by atoms with van der Waals surface area (Å²) in [5.41, 5.74) is 0. The second-order valence-corrected chi connectivity index (χ2v) is 4.18. The van der Waals surface area contributed by atoms with Crippen molar-refractivity contribution in [3.05, 3.63) is 39.8 Å². The second kappa shape index (κ2) is 3.79. The fourth-order valence-electron chi connectivity index (χ4n) is 1.48. The predicted molar refractivity (Wildman–Crippen MR) is 63.2 cm³/mol. The number of hydrogen-bond donors (Lipinski definition) is 0. The van der Waals surface area contributed by atoms with Crippen molar-refractivity contribution in [1.82, 2.24) is 0 Å². The topological polar surface area (TPSA) is 9.23 Å². The van der Waals surface area contributed by atoms with Crippen molar-refractivity contribution in [1.29, 1.82) is 0 Å². The summed E-state index contributed by atoms with van der Waals surface area (Å²) >= 11 is 9.52. The summed E-state index contributed by atoms with van der Waals surface area (Å²) in [5.74, 6) is 0.727. The molecule has 3 heteroatoms. The molecule has 0 fully saturated rings. The lowest BCUT2D eigenvalue weighted by atomic mass is 10.1. The summed E-state index contributed by atoms with van der Waals surface area (Å²) < 4.78 is 6.25. The molecule has 0 aromatic heterocycles. The summed E-state index contributed by atoms with van der Waals surface area (Å²) in [6.45, 7) is 0. The molecule has 0 aliphatic carbocycles. The zero-order valence-corrected chi connectivity index (χ0v) is 9.89. The van der Waals surface area contributed by atoms with Crippen molar-refractivity contribution in [3.63, 3.8) is 0 Å². The van der Waals surface area contributed by atoms with E-state index in [0.717, 1.165) is 21.0 Å². The van der Waals surface area contributed by atoms with Gasteiger partial charge in [0, 0.05) is 9.86 Å². The molecule has 0 saturated carbocycles. The predicted octanol–water partition coefficient (Wildman–Crippen LogP) is 4.26. The van der Waals surface area contributed by atoms with Crippen molar-refractivity contribution in [2.75, 3.05) is 7.11 Å². The molecule has 0 amide bonds. The Morgan fingerprint density at radius 1 is 1.21 bits per heavy atom. The van der Waals surface area contributed by atoms with Crippen molar-refractivity contribution < 1.29 is 4.74 Å². The van der Waals surface area contributed by atoms with Crippen molar-refractivity contribution >= 4 is 38.3 Å². The number of hydrogen-bond acceptors (Lipinski definition) is 1. The van der Waals surface area contributed by atoms with Gasteiger partial charge in [0.2, 0.25) is 0 Å². The van der Waals surface area contributed by atoms with Gasteiger partial charge in [0.05, 0.1) is 12.1 Å². The van der Waals surface area contributed by atoms with Gasteiger partial charge in [-0.05, 0) is 11.5 Å². The molecular formula is C11H8BrClO. The van der Waals surface area contributed by atoms with E-state index in [1.54, 1.807) is 7.11 Å². The molecule has 0 radical (unpaired) electrons. The molecule has 0 aliphatic rings. The van der Waals surface area contributed by atoms with Crippen LogP contribution in [0.1, 0.15) is 0 Å². The van der Waals surface area contributed by atoms with Crippen LogP contribution in [-0.2, 0) is 0 Å². The van der Waals surface area contributed by atoms with Crippen LogP contribution in [0.5, 0.6) is 5.75 Å². The Hall–Kier alpha value is -0.730. The van der Waals surface area contributed by atoms with Crippen LogP contribution in [0, 0.1) is 0 Å². The number of benzene rings is 2. The zero-order chi connectivity index (χ0) is 10.1. The third kappa shape index (κ3) is 1.49. The third-order valence-electron chi connectivity index (χ3n) is 2.10. The van der Waals surface area contributed by atoms with Crippen LogP contribution in [0.3, 0.4) is 0 Å². The molecule has 0 aliphatic heterocycles. The first kappa shape index (κ1) is 9.81. The lowest BCUT2D eigenvalue weighted by Gasteiger charge is -2.08. The van der Waals surface area contributed by atoms with Crippen molar-refractivity contribution in [2.24, 2.45) is 0 Å². The third-order valence-corrected chi connectivity index (χ3v) is 3.04. The Labute approximate surface area is 95.8 Å². The average molecular weight is 272 g/mol. The summed E-state index contributed by atoms with van der Waals surface area (Å²) in [4.78, 5) is 0. The molecule has 2 rings (SSSR count). The highest BCUT2D eigenvalue weighted by molar-refractivity contribution is 9.10. The highest BCUT2D eigenvalue weighted by Crippen LogP contribution is 2.37. The van der Waals surface area contributed by atoms with E-state index in [9.17, 15) is 0 Å². The van der Waals surface area contributed by atoms with Gasteiger partial charge in [-0.1, -0.05) is 51.8 Å². The summed E-state index contributed by atoms with van der Waals surface area (Å²) in [6.07, 6.45) is 0. The Morgan fingerprint density at radius 2 is 1.86 bits per heavy atom. The van der Waals surface area contributed by atoms with Gasteiger partial charge < -0.3 is 4.74 Å². The SMILES string of the molecule is COc1c(Cl)cc(Br)c2ccccc12. The molecule has 0 atom stereocenters. The van der Waals surface area contributed by atoms with Crippen molar-refractivity contribution in [2.45, 2.75) is 0 Å². The highest BCUT2D eigenvalue weighted by Gasteiger charge is 2.08. The minimum Gasteiger partial charge on any atom is -0.495 e. The van der Waals surface area contributed by atoms with Crippen LogP contribution in [0.4, 0.5) is 0 Å². The molecule has 0 unspecified atom stereocenters. The van der Waals surface area contributed by atoms with Crippen LogP contribution >= 0.6 is 27.5 Å². The van der Waals surface area contributed by atoms with Crippen molar-refractivity contribution in [3.8, 4) is 5.75 Å². The van der Waals surface area contributed by atoms with Gasteiger partial charge in [-0.3, -0.25) is 0 Å². The number of halogens is 2. The fourth-order valence-corrected chi connectivity index (χ4v) is 2.47. The van der Waals surface area contributed by atoms with E-state index in [2.05, 4.69) is 15.9 Å². The Morgan fingerprint density at radius 3 is 2.50 bits per heavy atom. The van der Waals surface area contributed by atoms with Gasteiger partial charge in [0.15, 0.2) is 0 Å². The van der Waals surface area contributed by atoms with E-state index in [1.807, 2.05) is 30.3 Å². The molecule has 2 aromatic carbocycles. The summed E-state index contributed by atoms with van der Waals surface area (Å²) in [7, 11) is 1.63. The van der Waals surface area contributed by atoms with Crippen LogP contribution in [0.25, 0.3) is 10.8 Å². The van der Waals surface area contributed by atoms with E-state index in [4.69, 9.17) is 16.3 Å². The van der Waals surface area contributed by atoms with Crippen LogP contribution < -0.4 is 4.74 Å². The van der Waals surface area contributed by atoms with E-state index in [-0.39, 0.29) is 0 Å². The molecule has 0 bridgehead atoms. The van der Waals surface area contributed by atoms with E-state index in [0.29, 0.717) is 5.02 Å². The maximum atomic E-state index is 6.05. The molecule has 0 heterocycles. The monoisotopic (exact) mass is 270 g/mol. The van der Waals surface area contributed by atoms with E-state index in [1.165, 1.54) is 0 Å². The number of ether oxygens (including phenoxy) is 1. The maximum Gasteiger partial charge on any atom is 0.145 e. The smallest absolute Gasteiger partial charge is 0.145 e. The van der Waals surface area contributed by atoms with Crippen LogP contribution in [-0.4, -0.2) is 7.11 Å². The number of rotatable bonds is 1. The van der Waals surface area contributed by atoms with Gasteiger partial charge in [0.1, 0.15) is 5.75 Å². The first-order valence-electron chi connectivity index (χ1n) is 4.15. The normalized spacial score (nSPS) is 10.5. The fraction of sp³-hybridized carbons (Fsp3) is 0.0909. The standard InChI is InChI=1S/C11H8BrClO/c1-14-11-8-5-3-2-4-7(8)9(12)6-10(11)13/h2-6H,1H3. The minimum atomic E-state index is 0.623. The molecule has 72 valence electrons. The van der Waals surface area contributed by atoms with Crippen LogP contribution in [0.2, 0.25) is 5.02 Å². The molecule has 14 heavy (non-hydrogen) atoms. The molecular weight excluding hydrogens is 263 g/mol. The quantitative estimate of drug-likeness (QED) is 0.753.